The maximum Gasteiger partial charge on any atom is 0.331 e. The molecule has 0 fully saturated rings. The minimum Gasteiger partial charge on any atom is -0.478 e. The molecule has 0 radical (unpaired) electrons. The topological polar surface area (TPSA) is 50.4 Å². The molecule has 3 nitrogen and oxygen atoms in total. The van der Waals surface area contributed by atoms with Crippen molar-refractivity contribution in [1.29, 1.82) is 0 Å². The molecule has 1 N–H and O–H groups in total. The van der Waals surface area contributed by atoms with Crippen LogP contribution in [0.1, 0.15) is 52.0 Å². The van der Waals surface area contributed by atoms with E-state index in [1.54, 1.807) is 12.3 Å². The maximum atomic E-state index is 11.4. The van der Waals surface area contributed by atoms with E-state index in [2.05, 4.69) is 19.9 Å². The number of aliphatic carboxylic acids is 1. The second-order valence-corrected chi connectivity index (χ2v) is 7.22. The summed E-state index contributed by atoms with van der Waals surface area (Å²) in [6.45, 7) is 6.68. The highest BCUT2D eigenvalue weighted by Crippen LogP contribution is 2.40. The second kappa shape index (κ2) is 7.67. The van der Waals surface area contributed by atoms with Gasteiger partial charge in [-0.25, -0.2) is 4.79 Å². The number of rotatable bonds is 4. The molecule has 2 rings (SSSR count). The van der Waals surface area contributed by atoms with Crippen LogP contribution in [0, 0.1) is 17.3 Å². The Bertz CT molecular complexity index is 568. The van der Waals surface area contributed by atoms with Crippen LogP contribution in [-0.4, -0.2) is 11.1 Å². The summed E-state index contributed by atoms with van der Waals surface area (Å²) in [5.41, 5.74) is 2.00. The highest BCUT2D eigenvalue weighted by atomic mass is 16.4. The maximum absolute atomic E-state index is 11.4. The van der Waals surface area contributed by atoms with E-state index in [1.807, 2.05) is 25.3 Å². The van der Waals surface area contributed by atoms with Gasteiger partial charge >= 0.3 is 5.97 Å². The summed E-state index contributed by atoms with van der Waals surface area (Å²) in [7, 11) is 0. The van der Waals surface area contributed by atoms with E-state index >= 15 is 0 Å². The summed E-state index contributed by atoms with van der Waals surface area (Å²) >= 11 is 0. The number of furan rings is 1. The van der Waals surface area contributed by atoms with Crippen LogP contribution in [-0.2, 0) is 11.2 Å². The number of carboxylic acid groups (broad SMARTS) is 1. The van der Waals surface area contributed by atoms with Gasteiger partial charge < -0.3 is 9.52 Å². The van der Waals surface area contributed by atoms with Crippen LogP contribution in [0.15, 0.2) is 46.8 Å². The number of allylic oxidation sites excluding steroid dienone is 3. The van der Waals surface area contributed by atoms with Crippen molar-refractivity contribution in [2.75, 3.05) is 0 Å². The van der Waals surface area contributed by atoms with E-state index in [0.29, 0.717) is 11.5 Å². The first-order valence-corrected chi connectivity index (χ1v) is 8.53. The molecule has 1 aromatic heterocycles. The van der Waals surface area contributed by atoms with Gasteiger partial charge in [0.15, 0.2) is 0 Å². The fourth-order valence-electron chi connectivity index (χ4n) is 3.37. The lowest BCUT2D eigenvalue weighted by Gasteiger charge is -2.36. The van der Waals surface area contributed by atoms with Crippen molar-refractivity contribution < 1.29 is 14.3 Å². The molecule has 0 saturated heterocycles. The van der Waals surface area contributed by atoms with Crippen LogP contribution in [0.4, 0.5) is 0 Å². The summed E-state index contributed by atoms with van der Waals surface area (Å²) in [5, 5.41) is 9.34. The number of carboxylic acids is 1. The van der Waals surface area contributed by atoms with Gasteiger partial charge in [0.05, 0.1) is 12.5 Å². The first kappa shape index (κ1) is 17.6. The van der Waals surface area contributed by atoms with Crippen LogP contribution in [0.2, 0.25) is 0 Å². The van der Waals surface area contributed by atoms with Gasteiger partial charge in [0, 0.05) is 5.57 Å². The van der Waals surface area contributed by atoms with E-state index in [4.69, 9.17) is 4.42 Å². The molecule has 3 heteroatoms. The Morgan fingerprint density at radius 1 is 1.39 bits per heavy atom. The standard InChI is InChI=1S/C20H28O3/c1-15-7-8-16(2)20(3,12-9-17-10-13-23-14-17)11-5-4-6-18(15)19(21)22/h4-6,10,13-16H,7-9,11-12H2,1-3H3,(H,21,22)/t15-,16-,20+/m1/s1. The molecule has 1 aliphatic rings. The molecule has 1 aliphatic carbocycles. The lowest BCUT2D eigenvalue weighted by atomic mass is 9.69. The Morgan fingerprint density at radius 2 is 2.17 bits per heavy atom. The SMILES string of the molecule is C[C@@H]1CC[C@@H](C)[C@](C)(CCc2ccoc2)CC=CC=C1C(=O)O. The normalized spacial score (nSPS) is 29.1. The van der Waals surface area contributed by atoms with Crippen molar-refractivity contribution in [2.45, 2.75) is 52.9 Å². The summed E-state index contributed by atoms with van der Waals surface area (Å²) in [6, 6.07) is 2.04. The molecule has 0 bridgehead atoms. The van der Waals surface area contributed by atoms with E-state index in [9.17, 15) is 9.90 Å². The highest BCUT2D eigenvalue weighted by molar-refractivity contribution is 5.87. The largest absolute Gasteiger partial charge is 0.478 e. The summed E-state index contributed by atoms with van der Waals surface area (Å²) < 4.78 is 5.17. The summed E-state index contributed by atoms with van der Waals surface area (Å²) in [4.78, 5) is 11.4. The molecule has 0 aliphatic heterocycles. The zero-order chi connectivity index (χ0) is 16.9. The van der Waals surface area contributed by atoms with Crippen LogP contribution in [0.5, 0.6) is 0 Å². The van der Waals surface area contributed by atoms with E-state index < -0.39 is 5.97 Å². The zero-order valence-corrected chi connectivity index (χ0v) is 14.4. The highest BCUT2D eigenvalue weighted by Gasteiger charge is 2.31. The number of hydrogen-bond donors (Lipinski definition) is 1. The van der Waals surface area contributed by atoms with Crippen molar-refractivity contribution in [3.05, 3.63) is 48.0 Å². The Morgan fingerprint density at radius 3 is 2.83 bits per heavy atom. The second-order valence-electron chi connectivity index (χ2n) is 7.22. The van der Waals surface area contributed by atoms with Crippen LogP contribution >= 0.6 is 0 Å². The fourth-order valence-corrected chi connectivity index (χ4v) is 3.37. The lowest BCUT2D eigenvalue weighted by Crippen LogP contribution is -2.27. The number of carbonyl (C=O) groups is 1. The van der Waals surface area contributed by atoms with Crippen LogP contribution in [0.25, 0.3) is 0 Å². The molecule has 1 aromatic rings. The molecule has 23 heavy (non-hydrogen) atoms. The predicted octanol–water partition coefficient (Wildman–Crippen LogP) is 5.24. The average Bonchev–Trinajstić information content (AvgIpc) is 3.02. The van der Waals surface area contributed by atoms with Gasteiger partial charge in [-0.05, 0) is 61.0 Å². The Labute approximate surface area is 139 Å². The smallest absolute Gasteiger partial charge is 0.331 e. The molecule has 0 aromatic carbocycles. The van der Waals surface area contributed by atoms with E-state index in [-0.39, 0.29) is 11.3 Å². The molecule has 0 saturated carbocycles. The van der Waals surface area contributed by atoms with Crippen LogP contribution < -0.4 is 0 Å². The number of hydrogen-bond acceptors (Lipinski definition) is 2. The fraction of sp³-hybridized carbons (Fsp3) is 0.550. The number of aryl methyl sites for hydroxylation is 1. The molecule has 0 unspecified atom stereocenters. The Hall–Kier alpha value is -1.77. The van der Waals surface area contributed by atoms with Gasteiger partial charge in [-0.3, -0.25) is 0 Å². The molecule has 126 valence electrons. The Balaban J connectivity index is 2.12. The first-order valence-electron chi connectivity index (χ1n) is 8.53. The van der Waals surface area contributed by atoms with Crippen molar-refractivity contribution in [2.24, 2.45) is 17.3 Å². The third-order valence-corrected chi connectivity index (χ3v) is 5.56. The van der Waals surface area contributed by atoms with Gasteiger partial charge in [-0.1, -0.05) is 39.0 Å². The molecule has 1 heterocycles. The summed E-state index contributed by atoms with van der Waals surface area (Å²) in [5.74, 6) is -0.149. The third kappa shape index (κ3) is 4.60. The molecular weight excluding hydrogens is 288 g/mol. The monoisotopic (exact) mass is 316 g/mol. The van der Waals surface area contributed by atoms with E-state index in [1.165, 1.54) is 5.56 Å². The van der Waals surface area contributed by atoms with E-state index in [0.717, 1.165) is 32.1 Å². The van der Waals surface area contributed by atoms with Gasteiger partial charge in [0.25, 0.3) is 0 Å². The van der Waals surface area contributed by atoms with Crippen molar-refractivity contribution in [1.82, 2.24) is 0 Å². The summed E-state index contributed by atoms with van der Waals surface area (Å²) in [6.07, 6.45) is 14.5. The third-order valence-electron chi connectivity index (χ3n) is 5.56. The van der Waals surface area contributed by atoms with Gasteiger partial charge in [-0.15, -0.1) is 0 Å². The first-order chi connectivity index (χ1) is 10.9. The zero-order valence-electron chi connectivity index (χ0n) is 14.4. The van der Waals surface area contributed by atoms with Gasteiger partial charge in [-0.2, -0.15) is 0 Å². The minimum atomic E-state index is -0.793. The lowest BCUT2D eigenvalue weighted by molar-refractivity contribution is -0.133. The molecular formula is C20H28O3. The van der Waals surface area contributed by atoms with Crippen molar-refractivity contribution in [3.63, 3.8) is 0 Å². The minimum absolute atomic E-state index is 0.0934. The quantitative estimate of drug-likeness (QED) is 0.826. The average molecular weight is 316 g/mol. The molecule has 0 amide bonds. The molecule has 3 atom stereocenters. The molecule has 0 spiro atoms. The Kier molecular flexibility index (Phi) is 5.86. The van der Waals surface area contributed by atoms with Gasteiger partial charge in [0.2, 0.25) is 0 Å². The van der Waals surface area contributed by atoms with Crippen molar-refractivity contribution in [3.8, 4) is 0 Å². The van der Waals surface area contributed by atoms with Crippen molar-refractivity contribution >= 4 is 5.97 Å². The van der Waals surface area contributed by atoms with Gasteiger partial charge in [0.1, 0.15) is 0 Å². The van der Waals surface area contributed by atoms with Crippen LogP contribution in [0.3, 0.4) is 0 Å². The predicted molar refractivity (Wildman–Crippen MR) is 92.2 cm³/mol.